The van der Waals surface area contributed by atoms with E-state index in [4.69, 9.17) is 0 Å². The summed E-state index contributed by atoms with van der Waals surface area (Å²) in [6.07, 6.45) is 8.33. The van der Waals surface area contributed by atoms with Crippen LogP contribution < -0.4 is 24.8 Å². The molecule has 1 nitrogen and oxygen atoms in total. The van der Waals surface area contributed by atoms with Crippen LogP contribution in [0, 0.1) is 6.08 Å². The fourth-order valence-corrected chi connectivity index (χ4v) is 3.73. The number of halogens is 2. The van der Waals surface area contributed by atoms with Gasteiger partial charge in [0.2, 0.25) is 0 Å². The van der Waals surface area contributed by atoms with Crippen molar-refractivity contribution in [3.8, 4) is 16.9 Å². The molecule has 4 aromatic carbocycles. The van der Waals surface area contributed by atoms with Crippen molar-refractivity contribution >= 4 is 3.81 Å². The summed E-state index contributed by atoms with van der Waals surface area (Å²) < 4.78 is 1.33. The maximum atomic E-state index is 9.27. The first-order valence-corrected chi connectivity index (χ1v) is 11.7. The summed E-state index contributed by atoms with van der Waals surface area (Å²) in [7, 11) is 0. The first-order valence-electron chi connectivity index (χ1n) is 10.9. The van der Waals surface area contributed by atoms with Crippen molar-refractivity contribution < 1.29 is 49.9 Å². The van der Waals surface area contributed by atoms with Crippen LogP contribution in [-0.4, -0.2) is 8.92 Å². The van der Waals surface area contributed by atoms with Crippen molar-refractivity contribution in [1.82, 2.24) is 0 Å². The van der Waals surface area contributed by atoms with Gasteiger partial charge in [-0.3, -0.25) is 6.08 Å². The summed E-state index contributed by atoms with van der Waals surface area (Å²) in [6, 6.07) is 38.2. The molecule has 4 aromatic rings. The van der Waals surface area contributed by atoms with Crippen molar-refractivity contribution in [2.75, 3.05) is 0 Å². The van der Waals surface area contributed by atoms with Crippen LogP contribution in [0.4, 0.5) is 0 Å². The molecule has 0 heterocycles. The van der Waals surface area contributed by atoms with E-state index < -0.39 is 0 Å². The van der Waals surface area contributed by atoms with E-state index in [9.17, 15) is 5.11 Å². The molecule has 5 rings (SSSR count). The van der Waals surface area contributed by atoms with Crippen molar-refractivity contribution in [3.05, 3.63) is 150 Å². The van der Waals surface area contributed by atoms with E-state index in [1.54, 1.807) is 12.1 Å². The Balaban J connectivity index is 0.000000273. The number of rotatable bonds is 3. The third-order valence-electron chi connectivity index (χ3n) is 4.94. The van der Waals surface area contributed by atoms with Gasteiger partial charge >= 0.3 is 95.6 Å². The molecule has 35 heavy (non-hydrogen) atoms. The Morgan fingerprint density at radius 1 is 0.686 bits per heavy atom. The fourth-order valence-electron chi connectivity index (χ4n) is 3.21. The van der Waals surface area contributed by atoms with Gasteiger partial charge in [-0.2, -0.15) is 6.08 Å². The summed E-state index contributed by atoms with van der Waals surface area (Å²) in [6.45, 7) is 2.06. The molecule has 0 atom stereocenters. The van der Waals surface area contributed by atoms with Gasteiger partial charge in [0.05, 0.1) is 0 Å². The molecule has 0 amide bonds. The van der Waals surface area contributed by atoms with Gasteiger partial charge in [-0.15, -0.1) is 6.42 Å². The number of aromatic hydroxyl groups is 1. The molecule has 0 fully saturated rings. The van der Waals surface area contributed by atoms with Gasteiger partial charge in [-0.05, 0) is 23.3 Å². The molecule has 4 heteroatoms. The summed E-state index contributed by atoms with van der Waals surface area (Å²) in [5.41, 5.74) is 6.02. The predicted octanol–water partition coefficient (Wildman–Crippen LogP) is 1.57. The molecule has 0 saturated heterocycles. The van der Waals surface area contributed by atoms with Gasteiger partial charge in [0.25, 0.3) is 0 Å². The average molecular weight is 534 g/mol. The molecule has 1 aliphatic carbocycles. The average Bonchev–Trinajstić information content (AvgIpc) is 3.37. The summed E-state index contributed by atoms with van der Waals surface area (Å²) in [5, 5.41) is 9.27. The van der Waals surface area contributed by atoms with E-state index in [0.717, 1.165) is 17.5 Å². The first-order chi connectivity index (χ1) is 16.1. The number of hydrogen-bond acceptors (Lipinski definition) is 1. The van der Waals surface area contributed by atoms with Crippen molar-refractivity contribution in [2.45, 2.75) is 13.3 Å². The molecular weight excluding hydrogens is 507 g/mol. The van der Waals surface area contributed by atoms with Gasteiger partial charge in [0.1, 0.15) is 5.75 Å². The van der Waals surface area contributed by atoms with E-state index in [1.807, 2.05) is 54.6 Å². The Morgan fingerprint density at radius 3 is 1.57 bits per heavy atom. The van der Waals surface area contributed by atoms with Gasteiger partial charge in [-0.1, -0.05) is 49.4 Å². The van der Waals surface area contributed by atoms with Crippen LogP contribution in [0.15, 0.2) is 133 Å². The Bertz CT molecular complexity index is 1160. The minimum atomic E-state index is 0. The predicted molar refractivity (Wildman–Crippen MR) is 136 cm³/mol. The van der Waals surface area contributed by atoms with Crippen LogP contribution in [-0.2, 0) is 20.0 Å². The number of benzene rings is 4. The quantitative estimate of drug-likeness (QED) is 0.313. The normalized spacial score (nSPS) is 10.8. The van der Waals surface area contributed by atoms with Crippen molar-refractivity contribution in [2.24, 2.45) is 0 Å². The third kappa shape index (κ3) is 10.6. The van der Waals surface area contributed by atoms with Crippen LogP contribution in [0.1, 0.15) is 24.5 Å². The van der Waals surface area contributed by atoms with Crippen molar-refractivity contribution in [1.29, 1.82) is 0 Å². The monoisotopic (exact) mass is 533 g/mol. The summed E-state index contributed by atoms with van der Waals surface area (Å²) >= 11 is 2.16. The van der Waals surface area contributed by atoms with E-state index in [-0.39, 0.29) is 24.8 Å². The molecule has 0 bridgehead atoms. The number of allylic oxidation sites excluding steroid dienone is 4. The minimum absolute atomic E-state index is 0. The van der Waals surface area contributed by atoms with E-state index in [1.165, 1.54) is 20.5 Å². The zero-order chi connectivity index (χ0) is 23.3. The van der Waals surface area contributed by atoms with Crippen LogP contribution in [0.25, 0.3) is 11.1 Å². The molecule has 0 aromatic heterocycles. The zero-order valence-electron chi connectivity index (χ0n) is 19.5. The van der Waals surface area contributed by atoms with Crippen LogP contribution in [0.2, 0.25) is 0 Å². The number of hydrogen-bond donors (Lipinski definition) is 1. The van der Waals surface area contributed by atoms with Gasteiger partial charge in [-0.25, -0.2) is 11.6 Å². The molecule has 0 radical (unpaired) electrons. The molecule has 1 aliphatic rings. The van der Waals surface area contributed by atoms with Crippen LogP contribution in [0.3, 0.4) is 0 Å². The van der Waals surface area contributed by atoms with E-state index in [2.05, 4.69) is 93.7 Å². The maximum absolute atomic E-state index is 9.27. The number of phenols is 1. The molecule has 0 unspecified atom stereocenters. The molecule has 0 saturated carbocycles. The third-order valence-corrected chi connectivity index (χ3v) is 5.85. The second kappa shape index (κ2) is 16.9. The summed E-state index contributed by atoms with van der Waals surface area (Å²) in [4.78, 5) is 0. The first kappa shape index (κ1) is 30.4. The Kier molecular flexibility index (Phi) is 14.6. The van der Waals surface area contributed by atoms with Crippen molar-refractivity contribution in [3.63, 3.8) is 0 Å². The zero-order valence-corrected chi connectivity index (χ0v) is 22.6. The molecule has 1 N–H and O–H groups in total. The SMILES string of the molecule is CC1=[C-]CC=C1.Oc1cccc(-c2ccccc2)c1.[Cl-].[Cl-].[Ti+]=[C](c1ccccc1)c1ccccc1. The Morgan fingerprint density at radius 2 is 1.17 bits per heavy atom. The number of phenolic OH excluding ortho intramolecular Hbond substituents is 1. The summed E-state index contributed by atoms with van der Waals surface area (Å²) in [5.74, 6) is 0.307. The Labute approximate surface area is 233 Å². The van der Waals surface area contributed by atoms with Gasteiger partial charge < -0.3 is 29.9 Å². The molecule has 177 valence electrons. The van der Waals surface area contributed by atoms with Crippen LogP contribution >= 0.6 is 0 Å². The van der Waals surface area contributed by atoms with Crippen LogP contribution in [0.5, 0.6) is 5.75 Å². The van der Waals surface area contributed by atoms with E-state index >= 15 is 0 Å². The molecule has 0 aliphatic heterocycles. The van der Waals surface area contributed by atoms with Gasteiger partial charge in [0, 0.05) is 0 Å². The topological polar surface area (TPSA) is 20.2 Å². The Hall–Kier alpha value is -2.68. The molecule has 0 spiro atoms. The van der Waals surface area contributed by atoms with E-state index in [0.29, 0.717) is 5.75 Å². The second-order valence-electron chi connectivity index (χ2n) is 7.49. The fraction of sp³-hybridized carbons (Fsp3) is 0.0645. The van der Waals surface area contributed by atoms with Gasteiger partial charge in [0.15, 0.2) is 0 Å². The standard InChI is InChI=1S/C13H10.C12H10O.C6H7.2ClH.Ti/c1-3-7-12(8-4-1)11-13-9-5-2-6-10-13;13-12-8-4-7-11(9-12)10-5-2-1-3-6-10;1-6-4-2-3-5-6;;;/h1-10H;1-9,13H;2,4H,3H2,1H3;2*1H;/q;;-1;;;+1/p-2. The molecular formula is C31H27Cl2OTi-2. The second-order valence-corrected chi connectivity index (χ2v) is 8.27.